The maximum Gasteiger partial charge on any atom is 0.222 e. The number of unbranched alkanes of at least 4 members (excludes halogenated alkanes) is 35. The van der Waals surface area contributed by atoms with Gasteiger partial charge in [0.1, 0.15) is 0 Å². The molecule has 0 aromatic rings. The van der Waals surface area contributed by atoms with Crippen molar-refractivity contribution in [2.45, 2.75) is 308 Å². The number of allylic oxidation sites excluding steroid dienone is 9. The zero-order chi connectivity index (χ0) is 47.2. The highest BCUT2D eigenvalue weighted by molar-refractivity contribution is 5.76. The Morgan fingerprint density at radius 3 is 1.08 bits per heavy atom. The summed E-state index contributed by atoms with van der Waals surface area (Å²) in [4.78, 5) is 12.5. The molecule has 0 aliphatic heterocycles. The molecule has 0 radical (unpaired) electrons. The first-order valence-corrected chi connectivity index (χ1v) is 28.6. The molecular weight excluding hydrogens is 799 g/mol. The van der Waals surface area contributed by atoms with Gasteiger partial charge in [-0.1, -0.05) is 267 Å². The molecule has 1 amide bonds. The molecule has 5 heteroatoms. The van der Waals surface area contributed by atoms with E-state index in [-0.39, 0.29) is 18.9 Å². The minimum atomic E-state index is -0.962. The highest BCUT2D eigenvalue weighted by Crippen LogP contribution is 2.16. The quantitative estimate of drug-likeness (QED) is 0.0362. The highest BCUT2D eigenvalue weighted by Gasteiger charge is 2.20. The molecule has 0 bridgehead atoms. The van der Waals surface area contributed by atoms with E-state index in [0.29, 0.717) is 6.42 Å². The summed E-state index contributed by atoms with van der Waals surface area (Å²) in [6, 6.07) is -0.770. The summed E-state index contributed by atoms with van der Waals surface area (Å²) < 4.78 is 0. The fourth-order valence-electron chi connectivity index (χ4n) is 8.64. The molecule has 0 aromatic heterocycles. The molecule has 0 aliphatic carbocycles. The standard InChI is InChI=1S/C60H111NO4/c1-3-5-7-9-11-13-15-17-19-21-23-24-25-26-27-28-29-30-31-32-33-34-36-37-39-41-43-45-47-49-51-53-57(63)55-60(65)61-58(56-62)59(64)54-52-50-48-46-44-42-40-38-35-22-20-18-16-14-12-10-8-6-4-2/h23-24,26-27,35,38,44,46,52,54,57-59,62-64H,3-22,25,28-34,36-37,39-43,45,47-51,53,55-56H2,1-2H3,(H,61,65)/b24-23-,27-26-,38-35+,46-44+,54-52+. The number of aliphatic hydroxyl groups is 3. The molecule has 0 aromatic carbocycles. The van der Waals surface area contributed by atoms with Crippen LogP contribution in [-0.4, -0.2) is 46.1 Å². The molecule has 3 unspecified atom stereocenters. The van der Waals surface area contributed by atoms with Crippen LogP contribution in [-0.2, 0) is 4.79 Å². The molecule has 0 rings (SSSR count). The van der Waals surface area contributed by atoms with Gasteiger partial charge >= 0.3 is 0 Å². The maximum absolute atomic E-state index is 12.5. The second kappa shape index (κ2) is 54.7. The van der Waals surface area contributed by atoms with Crippen molar-refractivity contribution in [2.75, 3.05) is 6.61 Å². The number of carbonyl (C=O) groups excluding carboxylic acids is 1. The summed E-state index contributed by atoms with van der Waals surface area (Å²) in [6.07, 6.45) is 74.1. The number of amides is 1. The maximum atomic E-state index is 12.5. The van der Waals surface area contributed by atoms with Crippen molar-refractivity contribution in [1.82, 2.24) is 5.32 Å². The normalized spacial score (nSPS) is 13.7. The number of carbonyl (C=O) groups is 1. The van der Waals surface area contributed by atoms with Gasteiger partial charge in [-0.15, -0.1) is 0 Å². The van der Waals surface area contributed by atoms with Gasteiger partial charge in [-0.3, -0.25) is 4.79 Å². The van der Waals surface area contributed by atoms with Gasteiger partial charge < -0.3 is 20.6 Å². The minimum absolute atomic E-state index is 0.00152. The van der Waals surface area contributed by atoms with Gasteiger partial charge in [-0.2, -0.15) is 0 Å². The van der Waals surface area contributed by atoms with Crippen LogP contribution in [0.3, 0.4) is 0 Å². The van der Waals surface area contributed by atoms with E-state index in [1.165, 1.54) is 218 Å². The van der Waals surface area contributed by atoms with Crippen LogP contribution in [0.1, 0.15) is 290 Å². The number of rotatable bonds is 52. The molecule has 3 atom stereocenters. The van der Waals surface area contributed by atoms with Crippen LogP contribution in [0.15, 0.2) is 60.8 Å². The molecule has 0 saturated heterocycles. The molecule has 0 heterocycles. The zero-order valence-corrected chi connectivity index (χ0v) is 43.4. The van der Waals surface area contributed by atoms with Crippen molar-refractivity contribution >= 4 is 5.91 Å². The lowest BCUT2D eigenvalue weighted by Crippen LogP contribution is -2.45. The van der Waals surface area contributed by atoms with E-state index in [2.05, 4.69) is 67.8 Å². The first kappa shape index (κ1) is 63.0. The summed E-state index contributed by atoms with van der Waals surface area (Å²) in [6.45, 7) is 4.21. The fourth-order valence-corrected chi connectivity index (χ4v) is 8.64. The van der Waals surface area contributed by atoms with Crippen molar-refractivity contribution in [3.05, 3.63) is 60.8 Å². The predicted octanol–water partition coefficient (Wildman–Crippen LogP) is 17.8. The van der Waals surface area contributed by atoms with E-state index < -0.39 is 18.2 Å². The van der Waals surface area contributed by atoms with Crippen molar-refractivity contribution in [1.29, 1.82) is 0 Å². The third kappa shape index (κ3) is 51.3. The number of hydrogen-bond donors (Lipinski definition) is 4. The molecule has 0 fully saturated rings. The largest absolute Gasteiger partial charge is 0.394 e. The molecule has 5 nitrogen and oxygen atoms in total. The Morgan fingerprint density at radius 1 is 0.400 bits per heavy atom. The Bertz CT molecular complexity index is 1090. The Labute approximate surface area is 405 Å². The van der Waals surface area contributed by atoms with Gasteiger partial charge in [-0.05, 0) is 77.0 Å². The Morgan fingerprint density at radius 2 is 0.708 bits per heavy atom. The van der Waals surface area contributed by atoms with Gasteiger partial charge in [0.2, 0.25) is 5.91 Å². The summed E-state index contributed by atoms with van der Waals surface area (Å²) >= 11 is 0. The lowest BCUT2D eigenvalue weighted by atomic mass is 10.0. The van der Waals surface area contributed by atoms with Gasteiger partial charge in [0.15, 0.2) is 0 Å². The molecule has 65 heavy (non-hydrogen) atoms. The van der Waals surface area contributed by atoms with Crippen LogP contribution >= 0.6 is 0 Å². The Balaban J connectivity index is 3.60. The zero-order valence-electron chi connectivity index (χ0n) is 43.4. The van der Waals surface area contributed by atoms with Crippen LogP contribution in [0, 0.1) is 0 Å². The first-order valence-electron chi connectivity index (χ1n) is 28.6. The molecule has 0 saturated carbocycles. The number of aliphatic hydroxyl groups excluding tert-OH is 3. The molecule has 4 N–H and O–H groups in total. The lowest BCUT2D eigenvalue weighted by Gasteiger charge is -2.21. The van der Waals surface area contributed by atoms with E-state index >= 15 is 0 Å². The summed E-state index contributed by atoms with van der Waals surface area (Å²) in [5.74, 6) is -0.328. The second-order valence-electron chi connectivity index (χ2n) is 19.5. The molecule has 380 valence electrons. The van der Waals surface area contributed by atoms with E-state index in [0.717, 1.165) is 44.9 Å². The lowest BCUT2D eigenvalue weighted by molar-refractivity contribution is -0.124. The Hall–Kier alpha value is -1.95. The minimum Gasteiger partial charge on any atom is -0.394 e. The third-order valence-corrected chi connectivity index (χ3v) is 13.0. The van der Waals surface area contributed by atoms with Crippen molar-refractivity contribution in [2.24, 2.45) is 0 Å². The summed E-state index contributed by atoms with van der Waals surface area (Å²) in [5.41, 5.74) is 0. The van der Waals surface area contributed by atoms with Crippen LogP contribution in [0.4, 0.5) is 0 Å². The van der Waals surface area contributed by atoms with Gasteiger partial charge in [0, 0.05) is 0 Å². The Kier molecular flexibility index (Phi) is 53.0. The molecular formula is C60H111NO4. The second-order valence-corrected chi connectivity index (χ2v) is 19.5. The van der Waals surface area contributed by atoms with Crippen LogP contribution in [0.25, 0.3) is 0 Å². The van der Waals surface area contributed by atoms with Crippen molar-refractivity contribution < 1.29 is 20.1 Å². The van der Waals surface area contributed by atoms with E-state index in [4.69, 9.17) is 0 Å². The monoisotopic (exact) mass is 910 g/mol. The molecule has 0 aliphatic rings. The van der Waals surface area contributed by atoms with Crippen molar-refractivity contribution in [3.63, 3.8) is 0 Å². The van der Waals surface area contributed by atoms with Gasteiger partial charge in [0.25, 0.3) is 0 Å². The predicted molar refractivity (Wildman–Crippen MR) is 287 cm³/mol. The van der Waals surface area contributed by atoms with Crippen LogP contribution in [0.2, 0.25) is 0 Å². The number of nitrogens with one attached hydrogen (secondary N) is 1. The first-order chi connectivity index (χ1) is 32.0. The van der Waals surface area contributed by atoms with E-state index in [1.54, 1.807) is 6.08 Å². The fraction of sp³-hybridized carbons (Fsp3) is 0.817. The SMILES string of the molecule is CCCCCCCCCCC/C=C\C/C=C\CCCCCCCCCCCCCCCCCC(O)CC(=O)NC(CO)C(O)/C=C/CC/C=C/CC/C=C/CCCCCCCCCCC. The third-order valence-electron chi connectivity index (χ3n) is 13.0. The number of hydrogen-bond acceptors (Lipinski definition) is 4. The van der Waals surface area contributed by atoms with E-state index in [1.807, 2.05) is 6.08 Å². The smallest absolute Gasteiger partial charge is 0.222 e. The van der Waals surface area contributed by atoms with Gasteiger partial charge in [-0.25, -0.2) is 0 Å². The highest BCUT2D eigenvalue weighted by atomic mass is 16.3. The summed E-state index contributed by atoms with van der Waals surface area (Å²) in [5, 5.41) is 33.4. The van der Waals surface area contributed by atoms with Crippen LogP contribution < -0.4 is 5.32 Å². The van der Waals surface area contributed by atoms with E-state index in [9.17, 15) is 20.1 Å². The van der Waals surface area contributed by atoms with Crippen molar-refractivity contribution in [3.8, 4) is 0 Å². The average molecular weight is 911 g/mol. The molecule has 0 spiro atoms. The van der Waals surface area contributed by atoms with Crippen LogP contribution in [0.5, 0.6) is 0 Å². The average Bonchev–Trinajstić information content (AvgIpc) is 3.30. The van der Waals surface area contributed by atoms with Gasteiger partial charge in [0.05, 0.1) is 31.3 Å². The summed E-state index contributed by atoms with van der Waals surface area (Å²) in [7, 11) is 0. The topological polar surface area (TPSA) is 89.8 Å².